The van der Waals surface area contributed by atoms with Crippen LogP contribution in [-0.4, -0.2) is 61.7 Å². The van der Waals surface area contributed by atoms with Crippen LogP contribution in [0, 0.1) is 0 Å². The number of amidine groups is 1. The highest BCUT2D eigenvalue weighted by Crippen LogP contribution is 2.35. The number of esters is 1. The Morgan fingerprint density at radius 3 is 2.45 bits per heavy atom. The number of rotatable bonds is 11. The molecule has 1 N–H and O–H groups in total. The van der Waals surface area contributed by atoms with Gasteiger partial charge in [0.25, 0.3) is 0 Å². The number of nitrogens with one attached hydrogen (secondary N) is 1. The van der Waals surface area contributed by atoms with Crippen LogP contribution in [-0.2, 0) is 26.9 Å². The van der Waals surface area contributed by atoms with Gasteiger partial charge in [-0.25, -0.2) is 9.79 Å². The van der Waals surface area contributed by atoms with Crippen LogP contribution in [0.15, 0.2) is 70.9 Å². The molecule has 2 aliphatic heterocycles. The molecule has 2 aromatic carbocycles. The van der Waals surface area contributed by atoms with Gasteiger partial charge in [-0.1, -0.05) is 60.6 Å². The van der Waals surface area contributed by atoms with E-state index in [1.807, 2.05) is 36.6 Å². The number of piperidine rings is 1. The zero-order valence-corrected chi connectivity index (χ0v) is 23.5. The summed E-state index contributed by atoms with van der Waals surface area (Å²) in [5, 5.41) is 3.75. The molecule has 1 atom stereocenters. The summed E-state index contributed by atoms with van der Waals surface area (Å²) in [5.41, 5.74) is 1.65. The number of hydrogen-bond donors (Lipinski definition) is 1. The minimum Gasteiger partial charge on any atom is -0.462 e. The van der Waals surface area contributed by atoms with Crippen molar-refractivity contribution in [1.82, 2.24) is 10.2 Å². The van der Waals surface area contributed by atoms with Crippen molar-refractivity contribution in [3.63, 3.8) is 0 Å². The van der Waals surface area contributed by atoms with Crippen LogP contribution in [0.3, 0.4) is 0 Å². The van der Waals surface area contributed by atoms with Gasteiger partial charge in [0.2, 0.25) is 0 Å². The summed E-state index contributed by atoms with van der Waals surface area (Å²) in [6, 6.07) is 13.9. The number of nitrogens with zero attached hydrogens (tertiary/aromatic N) is 2. The molecule has 40 heavy (non-hydrogen) atoms. The highest BCUT2D eigenvalue weighted by atomic mass is 32.2. The van der Waals surface area contributed by atoms with Crippen LogP contribution in [0.2, 0.25) is 0 Å². The van der Waals surface area contributed by atoms with Crippen LogP contribution < -0.4 is 5.32 Å². The predicted molar refractivity (Wildman–Crippen MR) is 152 cm³/mol. The Kier molecular flexibility index (Phi) is 11.1. The number of likely N-dealkylation sites (tertiary alicyclic amines) is 1. The largest absolute Gasteiger partial charge is 0.462 e. The van der Waals surface area contributed by atoms with E-state index in [9.17, 15) is 18.0 Å². The second kappa shape index (κ2) is 14.7. The zero-order valence-electron chi connectivity index (χ0n) is 22.7. The Morgan fingerprint density at radius 1 is 1.05 bits per heavy atom. The minimum absolute atomic E-state index is 0.138. The summed E-state index contributed by atoms with van der Waals surface area (Å²) in [6.07, 6.45) is 2.43. The molecule has 0 bridgehead atoms. The van der Waals surface area contributed by atoms with Gasteiger partial charge in [-0.05, 0) is 68.3 Å². The van der Waals surface area contributed by atoms with E-state index in [4.69, 9.17) is 9.47 Å². The van der Waals surface area contributed by atoms with Crippen LogP contribution in [0.4, 0.5) is 13.2 Å². The third kappa shape index (κ3) is 8.59. The van der Waals surface area contributed by atoms with Crippen molar-refractivity contribution in [2.75, 3.05) is 45.7 Å². The van der Waals surface area contributed by atoms with E-state index in [0.717, 1.165) is 43.8 Å². The molecule has 0 spiro atoms. The molecule has 216 valence electrons. The van der Waals surface area contributed by atoms with Gasteiger partial charge in [0.15, 0.2) is 5.17 Å². The molecule has 0 amide bonds. The maximum atomic E-state index is 13.5. The fraction of sp³-hybridized carbons (Fsp3) is 0.467. The quantitative estimate of drug-likeness (QED) is 0.262. The van der Waals surface area contributed by atoms with E-state index in [2.05, 4.69) is 15.2 Å². The molecule has 2 aromatic rings. The summed E-state index contributed by atoms with van der Waals surface area (Å²) in [5.74, 6) is -0.552. The molecule has 0 aromatic heterocycles. The van der Waals surface area contributed by atoms with Crippen molar-refractivity contribution in [3.05, 3.63) is 82.6 Å². The van der Waals surface area contributed by atoms with Gasteiger partial charge < -0.3 is 19.7 Å². The summed E-state index contributed by atoms with van der Waals surface area (Å²) in [6.45, 7) is 3.77. The van der Waals surface area contributed by atoms with Gasteiger partial charge in [-0.2, -0.15) is 13.2 Å². The number of alkyl halides is 3. The van der Waals surface area contributed by atoms with Gasteiger partial charge in [0.05, 0.1) is 36.7 Å². The Hall–Kier alpha value is -2.82. The van der Waals surface area contributed by atoms with Crippen molar-refractivity contribution >= 4 is 22.9 Å². The highest BCUT2D eigenvalue weighted by Gasteiger charge is 2.34. The van der Waals surface area contributed by atoms with Gasteiger partial charge in [-0.15, -0.1) is 0 Å². The first-order valence-electron chi connectivity index (χ1n) is 13.7. The number of aryl methyl sites for hydroxylation is 1. The smallest absolute Gasteiger partial charge is 0.416 e. The molecule has 4 rings (SSSR count). The fourth-order valence-corrected chi connectivity index (χ4v) is 5.27. The molecular weight excluding hydrogens is 539 g/mol. The van der Waals surface area contributed by atoms with Crippen molar-refractivity contribution in [2.24, 2.45) is 4.99 Å². The first-order valence-corrected chi connectivity index (χ1v) is 14.9. The maximum absolute atomic E-state index is 13.5. The number of carbonyl (C=O) groups is 1. The number of carbonyl (C=O) groups excluding carboxylic acids is 1. The summed E-state index contributed by atoms with van der Waals surface area (Å²) >= 11 is 1.36. The highest BCUT2D eigenvalue weighted by molar-refractivity contribution is 8.13. The van der Waals surface area contributed by atoms with Crippen molar-refractivity contribution in [1.29, 1.82) is 0 Å². The molecule has 6 nitrogen and oxygen atoms in total. The van der Waals surface area contributed by atoms with Gasteiger partial charge in [0, 0.05) is 6.54 Å². The minimum atomic E-state index is -4.45. The van der Waals surface area contributed by atoms with Gasteiger partial charge in [-0.3, -0.25) is 0 Å². The average Bonchev–Trinajstić information content (AvgIpc) is 2.97. The lowest BCUT2D eigenvalue weighted by Crippen LogP contribution is -2.35. The number of aliphatic imine (C=N–C) groups is 1. The number of benzene rings is 2. The Bertz CT molecular complexity index is 1160. The van der Waals surface area contributed by atoms with Crippen LogP contribution in [0.25, 0.3) is 0 Å². The molecule has 10 heteroatoms. The second-order valence-electron chi connectivity index (χ2n) is 9.86. The summed E-state index contributed by atoms with van der Waals surface area (Å²) < 4.78 is 51.3. The lowest BCUT2D eigenvalue weighted by Gasteiger charge is -2.28. The van der Waals surface area contributed by atoms with E-state index in [1.54, 1.807) is 0 Å². The lowest BCUT2D eigenvalue weighted by atomic mass is 9.95. The average molecular weight is 576 g/mol. The third-order valence-corrected chi connectivity index (χ3v) is 7.60. The Morgan fingerprint density at radius 2 is 1.77 bits per heavy atom. The maximum Gasteiger partial charge on any atom is 0.416 e. The van der Waals surface area contributed by atoms with Crippen LogP contribution in [0.1, 0.15) is 48.4 Å². The predicted octanol–water partition coefficient (Wildman–Crippen LogP) is 6.00. The molecule has 0 aliphatic carbocycles. The molecule has 0 saturated carbocycles. The molecule has 1 unspecified atom stereocenters. The summed E-state index contributed by atoms with van der Waals surface area (Å²) in [4.78, 5) is 20.5. The zero-order chi connectivity index (χ0) is 28.4. The van der Waals surface area contributed by atoms with Crippen molar-refractivity contribution in [3.8, 4) is 0 Å². The van der Waals surface area contributed by atoms with Gasteiger partial charge in [0.1, 0.15) is 6.04 Å². The molecule has 1 fully saturated rings. The first-order chi connectivity index (χ1) is 19.3. The topological polar surface area (TPSA) is 63.2 Å². The molecule has 2 aliphatic rings. The van der Waals surface area contributed by atoms with Gasteiger partial charge >= 0.3 is 12.1 Å². The molecule has 1 saturated heterocycles. The third-order valence-electron chi connectivity index (χ3n) is 7.00. The fourth-order valence-electron chi connectivity index (χ4n) is 4.84. The molecule has 2 heterocycles. The van der Waals surface area contributed by atoms with Crippen LogP contribution in [0.5, 0.6) is 0 Å². The number of hydrogen-bond acceptors (Lipinski definition) is 7. The SMILES string of the molecule is CSC1=NC(c2ccc(C(F)(F)F)cc2)C(C(=O)OCCCc2ccccc2)=C(COCCN2CCCCC2)N1. The number of halogens is 3. The normalized spacial score (nSPS) is 18.3. The lowest BCUT2D eigenvalue weighted by molar-refractivity contribution is -0.140. The second-order valence-corrected chi connectivity index (χ2v) is 10.7. The Labute approximate surface area is 238 Å². The standard InChI is InChI=1S/C30H36F3N3O3S/c1-40-29-34-25(21-38-20-18-36-16-6-3-7-17-36)26(28(37)39-19-8-11-22-9-4-2-5-10-22)27(35-29)23-12-14-24(15-13-23)30(31,32)33/h2,4-5,9-10,12-15,27H,3,6-8,11,16-21H2,1H3,(H,34,35). The monoisotopic (exact) mass is 575 g/mol. The molecular formula is C30H36F3N3O3S. The van der Waals surface area contributed by atoms with Crippen molar-refractivity contribution < 1.29 is 27.4 Å². The van der Waals surface area contributed by atoms with E-state index in [1.165, 1.54) is 43.2 Å². The summed E-state index contributed by atoms with van der Waals surface area (Å²) in [7, 11) is 0. The number of ether oxygens (including phenoxy) is 2. The Balaban J connectivity index is 1.50. The van der Waals surface area contributed by atoms with E-state index in [0.29, 0.717) is 29.5 Å². The molecule has 0 radical (unpaired) electrons. The van der Waals surface area contributed by atoms with E-state index < -0.39 is 23.8 Å². The van der Waals surface area contributed by atoms with E-state index >= 15 is 0 Å². The number of thioether (sulfide) groups is 1. The first kappa shape index (κ1) is 30.1. The van der Waals surface area contributed by atoms with Crippen LogP contribution >= 0.6 is 11.8 Å². The van der Waals surface area contributed by atoms with E-state index in [-0.39, 0.29) is 18.8 Å². The van der Waals surface area contributed by atoms with Crippen molar-refractivity contribution in [2.45, 2.75) is 44.3 Å².